The average molecular weight is 529 g/mol. The number of rotatable bonds is 7. The summed E-state index contributed by atoms with van der Waals surface area (Å²) in [4.78, 5) is 10.8. The smallest absolute Gasteiger partial charge is 0.191 e. The molecule has 0 radical (unpaired) electrons. The molecule has 1 unspecified atom stereocenters. The van der Waals surface area contributed by atoms with Crippen molar-refractivity contribution in [1.82, 2.24) is 15.6 Å². The topological polar surface area (TPSA) is 71.0 Å². The Hall–Kier alpha value is -2.30. The lowest BCUT2D eigenvalue weighted by atomic mass is 10.2. The Labute approximate surface area is 194 Å². The Kier molecular flexibility index (Phi) is 9.41. The van der Waals surface area contributed by atoms with Gasteiger partial charge in [-0.25, -0.2) is 14.4 Å². The first-order valence-electron chi connectivity index (χ1n) is 9.75. The van der Waals surface area contributed by atoms with E-state index in [0.717, 1.165) is 31.0 Å². The van der Waals surface area contributed by atoms with Crippen LogP contribution in [0, 0.1) is 5.82 Å². The van der Waals surface area contributed by atoms with Crippen LogP contribution < -0.4 is 25.0 Å². The van der Waals surface area contributed by atoms with Crippen molar-refractivity contribution in [2.45, 2.75) is 25.9 Å². The van der Waals surface area contributed by atoms with Crippen molar-refractivity contribution >= 4 is 35.8 Å². The van der Waals surface area contributed by atoms with Gasteiger partial charge in [-0.2, -0.15) is 0 Å². The highest BCUT2D eigenvalue weighted by molar-refractivity contribution is 14.0. The van der Waals surface area contributed by atoms with Crippen LogP contribution in [-0.4, -0.2) is 50.8 Å². The zero-order chi connectivity index (χ0) is 20.6. The Bertz CT molecular complexity index is 852. The molecule has 0 saturated carbocycles. The molecule has 9 heteroatoms. The molecule has 2 aromatic rings. The van der Waals surface area contributed by atoms with Gasteiger partial charge in [0, 0.05) is 31.9 Å². The van der Waals surface area contributed by atoms with Gasteiger partial charge in [-0.15, -0.1) is 24.0 Å². The number of aliphatic imine (C=N–C) groups is 1. The van der Waals surface area contributed by atoms with E-state index in [2.05, 4.69) is 20.6 Å². The molecule has 2 N–H and O–H groups in total. The Morgan fingerprint density at radius 3 is 2.77 bits per heavy atom. The first kappa shape index (κ1) is 24.0. The van der Waals surface area contributed by atoms with E-state index >= 15 is 0 Å². The quantitative estimate of drug-likeness (QED) is 0.326. The number of anilines is 1. The van der Waals surface area contributed by atoms with E-state index in [1.807, 2.05) is 30.0 Å². The normalized spacial score (nSPS) is 16.1. The lowest BCUT2D eigenvalue weighted by Gasteiger charge is -2.20. The molecule has 0 spiro atoms. The number of guanidine groups is 1. The second-order valence-corrected chi connectivity index (χ2v) is 6.77. The number of aromatic nitrogens is 1. The number of pyridine rings is 1. The summed E-state index contributed by atoms with van der Waals surface area (Å²) >= 11 is 0. The van der Waals surface area contributed by atoms with Gasteiger partial charge in [-0.05, 0) is 43.2 Å². The van der Waals surface area contributed by atoms with Crippen LogP contribution in [0.5, 0.6) is 11.5 Å². The van der Waals surface area contributed by atoms with Crippen molar-refractivity contribution in [3.05, 3.63) is 47.9 Å². The molecule has 0 amide bonds. The predicted octanol–water partition coefficient (Wildman–Crippen LogP) is 3.19. The Balaban J connectivity index is 0.00000320. The fourth-order valence-corrected chi connectivity index (χ4v) is 3.34. The highest BCUT2D eigenvalue weighted by atomic mass is 127. The SMILES string of the molecule is CCNC(=NCc1ccc(OC)c(OC)c1)NC1CCN(c2ncccc2F)C1.I. The third kappa shape index (κ3) is 6.10. The van der Waals surface area contributed by atoms with Crippen LogP contribution in [-0.2, 0) is 6.54 Å². The number of methoxy groups -OCH3 is 2. The van der Waals surface area contributed by atoms with Crippen LogP contribution in [0.3, 0.4) is 0 Å². The third-order valence-corrected chi connectivity index (χ3v) is 4.78. The number of benzene rings is 1. The van der Waals surface area contributed by atoms with Gasteiger partial charge in [0.1, 0.15) is 0 Å². The van der Waals surface area contributed by atoms with Gasteiger partial charge in [-0.3, -0.25) is 0 Å². The maximum atomic E-state index is 14.0. The molecule has 0 bridgehead atoms. The summed E-state index contributed by atoms with van der Waals surface area (Å²) in [6.07, 6.45) is 2.50. The van der Waals surface area contributed by atoms with Crippen molar-refractivity contribution in [2.24, 2.45) is 4.99 Å². The largest absolute Gasteiger partial charge is 0.493 e. The Morgan fingerprint density at radius 2 is 2.07 bits per heavy atom. The minimum Gasteiger partial charge on any atom is -0.493 e. The molecule has 1 atom stereocenters. The number of nitrogens with zero attached hydrogens (tertiary/aromatic N) is 3. The minimum absolute atomic E-state index is 0. The number of halogens is 2. The molecule has 3 rings (SSSR count). The molecule has 0 aliphatic carbocycles. The monoisotopic (exact) mass is 529 g/mol. The molecule has 1 aliphatic heterocycles. The highest BCUT2D eigenvalue weighted by Crippen LogP contribution is 2.27. The van der Waals surface area contributed by atoms with Crippen molar-refractivity contribution in [2.75, 3.05) is 38.8 Å². The summed E-state index contributed by atoms with van der Waals surface area (Å²) < 4.78 is 24.6. The summed E-state index contributed by atoms with van der Waals surface area (Å²) in [5.41, 5.74) is 1.02. The van der Waals surface area contributed by atoms with Crippen LogP contribution in [0.15, 0.2) is 41.5 Å². The van der Waals surface area contributed by atoms with Crippen molar-refractivity contribution in [1.29, 1.82) is 0 Å². The van der Waals surface area contributed by atoms with Gasteiger partial charge in [0.2, 0.25) is 0 Å². The van der Waals surface area contributed by atoms with Crippen LogP contribution in [0.4, 0.5) is 10.2 Å². The van der Waals surface area contributed by atoms with Crippen LogP contribution >= 0.6 is 24.0 Å². The standard InChI is InChI=1S/C21H28FN5O2.HI/c1-4-23-21(25-13-15-7-8-18(28-2)19(12-15)29-3)26-16-9-11-27(14-16)20-17(22)6-5-10-24-20;/h5-8,10,12,16H,4,9,11,13-14H2,1-3H3,(H2,23,25,26);1H. The molecular formula is C21H29FIN5O2. The number of ether oxygens (including phenoxy) is 2. The summed E-state index contributed by atoms with van der Waals surface area (Å²) in [5, 5.41) is 6.72. The van der Waals surface area contributed by atoms with Crippen LogP contribution in [0.2, 0.25) is 0 Å². The van der Waals surface area contributed by atoms with Gasteiger partial charge in [0.05, 0.1) is 20.8 Å². The number of hydrogen-bond acceptors (Lipinski definition) is 5. The van der Waals surface area contributed by atoms with E-state index in [1.54, 1.807) is 26.5 Å². The predicted molar refractivity (Wildman–Crippen MR) is 128 cm³/mol. The van der Waals surface area contributed by atoms with E-state index in [1.165, 1.54) is 6.07 Å². The fraction of sp³-hybridized carbons (Fsp3) is 0.429. The maximum absolute atomic E-state index is 14.0. The zero-order valence-electron chi connectivity index (χ0n) is 17.5. The highest BCUT2D eigenvalue weighted by Gasteiger charge is 2.25. The molecule has 164 valence electrons. The average Bonchev–Trinajstić information content (AvgIpc) is 3.20. The van der Waals surface area contributed by atoms with E-state index in [4.69, 9.17) is 9.47 Å². The van der Waals surface area contributed by atoms with Crippen LogP contribution in [0.25, 0.3) is 0 Å². The molecule has 7 nitrogen and oxygen atoms in total. The first-order chi connectivity index (χ1) is 14.1. The number of nitrogens with one attached hydrogen (secondary N) is 2. The number of hydrogen-bond donors (Lipinski definition) is 2. The fourth-order valence-electron chi connectivity index (χ4n) is 3.34. The van der Waals surface area contributed by atoms with Gasteiger partial charge >= 0.3 is 0 Å². The van der Waals surface area contributed by atoms with Crippen LogP contribution in [0.1, 0.15) is 18.9 Å². The molecule has 1 aromatic heterocycles. The molecule has 2 heterocycles. The molecule has 1 aromatic carbocycles. The second kappa shape index (κ2) is 11.8. The molecule has 1 saturated heterocycles. The second-order valence-electron chi connectivity index (χ2n) is 6.77. The van der Waals surface area contributed by atoms with E-state index < -0.39 is 0 Å². The van der Waals surface area contributed by atoms with Gasteiger partial charge in [-0.1, -0.05) is 6.07 Å². The molecule has 1 fully saturated rings. The van der Waals surface area contributed by atoms with Crippen molar-refractivity contribution in [3.63, 3.8) is 0 Å². The van der Waals surface area contributed by atoms with Crippen molar-refractivity contribution in [3.8, 4) is 11.5 Å². The first-order valence-corrected chi connectivity index (χ1v) is 9.75. The van der Waals surface area contributed by atoms with E-state index in [9.17, 15) is 4.39 Å². The van der Waals surface area contributed by atoms with E-state index in [-0.39, 0.29) is 35.8 Å². The van der Waals surface area contributed by atoms with Gasteiger partial charge in [0.15, 0.2) is 29.1 Å². The zero-order valence-corrected chi connectivity index (χ0v) is 19.9. The minimum atomic E-state index is -0.290. The van der Waals surface area contributed by atoms with Crippen molar-refractivity contribution < 1.29 is 13.9 Å². The summed E-state index contributed by atoms with van der Waals surface area (Å²) in [5.74, 6) is 2.22. The van der Waals surface area contributed by atoms with Gasteiger partial charge in [0.25, 0.3) is 0 Å². The summed E-state index contributed by atoms with van der Waals surface area (Å²) in [7, 11) is 3.23. The summed E-state index contributed by atoms with van der Waals surface area (Å²) in [6, 6.07) is 8.98. The molecule has 1 aliphatic rings. The lowest BCUT2D eigenvalue weighted by molar-refractivity contribution is 0.354. The lowest BCUT2D eigenvalue weighted by Crippen LogP contribution is -2.44. The summed E-state index contributed by atoms with van der Waals surface area (Å²) in [6.45, 7) is 4.71. The van der Waals surface area contributed by atoms with E-state index in [0.29, 0.717) is 30.4 Å². The van der Waals surface area contributed by atoms with Gasteiger partial charge < -0.3 is 25.0 Å². The maximum Gasteiger partial charge on any atom is 0.191 e. The Morgan fingerprint density at radius 1 is 1.27 bits per heavy atom. The third-order valence-electron chi connectivity index (χ3n) is 4.78. The molecular weight excluding hydrogens is 500 g/mol. The molecule has 30 heavy (non-hydrogen) atoms.